The number of methoxy groups -OCH3 is 1. The highest BCUT2D eigenvalue weighted by Crippen LogP contribution is 2.06. The molecule has 4 atom stereocenters. The molecule has 0 fully saturated rings. The zero-order chi connectivity index (χ0) is 9.72. The molecular formula is C7H13O5. The van der Waals surface area contributed by atoms with E-state index < -0.39 is 24.4 Å². The Morgan fingerprint density at radius 1 is 1.33 bits per heavy atom. The van der Waals surface area contributed by atoms with Crippen LogP contribution in [0.3, 0.4) is 0 Å². The Morgan fingerprint density at radius 3 is 2.08 bits per heavy atom. The van der Waals surface area contributed by atoms with E-state index in [9.17, 15) is 4.79 Å². The molecule has 0 bridgehead atoms. The second-order valence-electron chi connectivity index (χ2n) is 2.49. The minimum absolute atomic E-state index is 0.965. The first-order valence-electron chi connectivity index (χ1n) is 3.49. The SMILES string of the molecule is CO[C@@H]([C@H](O)[C@@H](O)[C]=O)[C@@H](C)O. The van der Waals surface area contributed by atoms with Crippen molar-refractivity contribution in [2.75, 3.05) is 7.11 Å². The number of aliphatic hydroxyl groups is 3. The zero-order valence-corrected chi connectivity index (χ0v) is 6.97. The van der Waals surface area contributed by atoms with Crippen molar-refractivity contribution in [3.63, 3.8) is 0 Å². The van der Waals surface area contributed by atoms with E-state index >= 15 is 0 Å². The van der Waals surface area contributed by atoms with E-state index in [-0.39, 0.29) is 0 Å². The van der Waals surface area contributed by atoms with Gasteiger partial charge in [0.15, 0.2) is 0 Å². The molecule has 0 amide bonds. The lowest BCUT2D eigenvalue weighted by atomic mass is 10.1. The molecule has 0 rings (SSSR count). The number of carbonyl (C=O) groups excluding carboxylic acids is 1. The number of aliphatic hydroxyl groups excluding tert-OH is 3. The van der Waals surface area contributed by atoms with E-state index in [0.29, 0.717) is 0 Å². The van der Waals surface area contributed by atoms with Crippen molar-refractivity contribution < 1.29 is 24.9 Å². The molecule has 0 aliphatic heterocycles. The first kappa shape index (κ1) is 11.5. The summed E-state index contributed by atoms with van der Waals surface area (Å²) >= 11 is 0. The highest BCUT2D eigenvalue weighted by Gasteiger charge is 2.29. The number of hydrogen-bond donors (Lipinski definition) is 3. The molecule has 0 unspecified atom stereocenters. The van der Waals surface area contributed by atoms with Crippen LogP contribution >= 0.6 is 0 Å². The van der Waals surface area contributed by atoms with Crippen molar-refractivity contribution in [1.82, 2.24) is 0 Å². The Bertz CT molecular complexity index is 136. The van der Waals surface area contributed by atoms with Crippen LogP contribution in [-0.2, 0) is 9.53 Å². The third kappa shape index (κ3) is 2.86. The molecule has 0 aromatic rings. The van der Waals surface area contributed by atoms with Crippen LogP contribution in [0, 0.1) is 0 Å². The number of hydrogen-bond acceptors (Lipinski definition) is 5. The van der Waals surface area contributed by atoms with Crippen LogP contribution in [0.5, 0.6) is 0 Å². The molecule has 0 aliphatic carbocycles. The lowest BCUT2D eigenvalue weighted by molar-refractivity contribution is -0.101. The molecule has 3 N–H and O–H groups in total. The van der Waals surface area contributed by atoms with Crippen molar-refractivity contribution in [2.24, 2.45) is 0 Å². The van der Waals surface area contributed by atoms with Crippen LogP contribution in [0.15, 0.2) is 0 Å². The molecule has 0 spiro atoms. The molecule has 1 radical (unpaired) electrons. The van der Waals surface area contributed by atoms with Gasteiger partial charge >= 0.3 is 0 Å². The van der Waals surface area contributed by atoms with Gasteiger partial charge in [0.25, 0.3) is 0 Å². The van der Waals surface area contributed by atoms with Gasteiger partial charge in [-0.15, -0.1) is 0 Å². The molecule has 0 aromatic heterocycles. The summed E-state index contributed by atoms with van der Waals surface area (Å²) in [5.41, 5.74) is 0. The van der Waals surface area contributed by atoms with Gasteiger partial charge in [0.1, 0.15) is 18.3 Å². The maximum atomic E-state index is 9.92. The van der Waals surface area contributed by atoms with E-state index in [2.05, 4.69) is 4.74 Å². The Balaban J connectivity index is 4.19. The molecule has 0 saturated carbocycles. The molecular weight excluding hydrogens is 164 g/mol. The maximum absolute atomic E-state index is 9.92. The monoisotopic (exact) mass is 177 g/mol. The van der Waals surface area contributed by atoms with Gasteiger partial charge in [0.2, 0.25) is 6.29 Å². The predicted molar refractivity (Wildman–Crippen MR) is 40.2 cm³/mol. The van der Waals surface area contributed by atoms with E-state index in [0.717, 1.165) is 0 Å². The summed E-state index contributed by atoms with van der Waals surface area (Å²) < 4.78 is 4.66. The third-order valence-electron chi connectivity index (χ3n) is 1.53. The van der Waals surface area contributed by atoms with Gasteiger partial charge in [-0.2, -0.15) is 0 Å². The van der Waals surface area contributed by atoms with Crippen LogP contribution < -0.4 is 0 Å². The molecule has 71 valence electrons. The Labute approximate surface area is 70.6 Å². The summed E-state index contributed by atoms with van der Waals surface area (Å²) in [6, 6.07) is 0. The molecule has 0 heterocycles. The highest BCUT2D eigenvalue weighted by atomic mass is 16.5. The second kappa shape index (κ2) is 5.21. The van der Waals surface area contributed by atoms with Gasteiger partial charge in [-0.3, -0.25) is 4.79 Å². The summed E-state index contributed by atoms with van der Waals surface area (Å²) in [4.78, 5) is 9.92. The van der Waals surface area contributed by atoms with Gasteiger partial charge in [0.05, 0.1) is 6.10 Å². The highest BCUT2D eigenvalue weighted by molar-refractivity contribution is 5.57. The molecule has 5 nitrogen and oxygen atoms in total. The average Bonchev–Trinajstić information content (AvgIpc) is 2.03. The predicted octanol–water partition coefficient (Wildman–Crippen LogP) is -1.79. The van der Waals surface area contributed by atoms with Crippen molar-refractivity contribution in [1.29, 1.82) is 0 Å². The molecule has 0 aliphatic rings. The van der Waals surface area contributed by atoms with E-state index in [1.165, 1.54) is 20.3 Å². The third-order valence-corrected chi connectivity index (χ3v) is 1.53. The maximum Gasteiger partial charge on any atom is 0.232 e. The fraction of sp³-hybridized carbons (Fsp3) is 0.857. The second-order valence-corrected chi connectivity index (χ2v) is 2.49. The minimum Gasteiger partial charge on any atom is -0.391 e. The number of rotatable bonds is 5. The molecule has 5 heteroatoms. The van der Waals surface area contributed by atoms with Crippen molar-refractivity contribution in [2.45, 2.75) is 31.3 Å². The molecule has 12 heavy (non-hydrogen) atoms. The van der Waals surface area contributed by atoms with E-state index in [4.69, 9.17) is 15.3 Å². The standard InChI is InChI=1S/C7H13O5/c1-4(9)7(12-2)6(11)5(10)3-8/h4-7,9-11H,1-2H3/t4-,5+,6-,7-/m1/s1. The quantitative estimate of drug-likeness (QED) is 0.462. The van der Waals surface area contributed by atoms with Crippen LogP contribution in [-0.4, -0.2) is 53.1 Å². The lowest BCUT2D eigenvalue weighted by Gasteiger charge is -2.24. The van der Waals surface area contributed by atoms with Crippen LogP contribution in [0.2, 0.25) is 0 Å². The van der Waals surface area contributed by atoms with E-state index in [1.807, 2.05) is 0 Å². The molecule has 0 aromatic carbocycles. The normalized spacial score (nSPS) is 21.1. The molecule has 0 saturated heterocycles. The van der Waals surface area contributed by atoms with Crippen molar-refractivity contribution >= 4 is 6.29 Å². The van der Waals surface area contributed by atoms with Crippen molar-refractivity contribution in [3.05, 3.63) is 0 Å². The van der Waals surface area contributed by atoms with Gasteiger partial charge < -0.3 is 20.1 Å². The summed E-state index contributed by atoms with van der Waals surface area (Å²) in [6.07, 6.45) is -3.85. The van der Waals surface area contributed by atoms with Gasteiger partial charge in [0, 0.05) is 7.11 Å². The topological polar surface area (TPSA) is 87.0 Å². The van der Waals surface area contributed by atoms with Gasteiger partial charge in [-0.25, -0.2) is 0 Å². The fourth-order valence-electron chi connectivity index (χ4n) is 0.871. The Morgan fingerprint density at radius 2 is 1.83 bits per heavy atom. The fourth-order valence-corrected chi connectivity index (χ4v) is 0.871. The van der Waals surface area contributed by atoms with E-state index in [1.54, 1.807) is 0 Å². The minimum atomic E-state index is -1.65. The lowest BCUT2D eigenvalue weighted by Crippen LogP contribution is -2.45. The largest absolute Gasteiger partial charge is 0.391 e. The van der Waals surface area contributed by atoms with Gasteiger partial charge in [-0.05, 0) is 6.92 Å². The Hall–Kier alpha value is -0.490. The smallest absolute Gasteiger partial charge is 0.232 e. The summed E-state index contributed by atoms with van der Waals surface area (Å²) in [5, 5.41) is 27.0. The van der Waals surface area contributed by atoms with Gasteiger partial charge in [-0.1, -0.05) is 0 Å². The number of ether oxygens (including phenoxy) is 1. The van der Waals surface area contributed by atoms with Crippen LogP contribution in [0.1, 0.15) is 6.92 Å². The average molecular weight is 177 g/mol. The van der Waals surface area contributed by atoms with Crippen molar-refractivity contribution in [3.8, 4) is 0 Å². The van der Waals surface area contributed by atoms with Crippen LogP contribution in [0.25, 0.3) is 0 Å². The van der Waals surface area contributed by atoms with Crippen LogP contribution in [0.4, 0.5) is 0 Å². The first-order chi connectivity index (χ1) is 5.54. The summed E-state index contributed by atoms with van der Waals surface area (Å²) in [7, 11) is 1.26. The Kier molecular flexibility index (Phi) is 5.00. The first-order valence-corrected chi connectivity index (χ1v) is 3.49. The summed E-state index contributed by atoms with van der Waals surface area (Å²) in [6.45, 7) is 1.38. The zero-order valence-electron chi connectivity index (χ0n) is 6.97. The summed E-state index contributed by atoms with van der Waals surface area (Å²) in [5.74, 6) is 0.